The van der Waals surface area contributed by atoms with Gasteiger partial charge in [-0.1, -0.05) is 12.1 Å². The Hall–Kier alpha value is -1.57. The first-order valence-corrected chi connectivity index (χ1v) is 5.33. The van der Waals surface area contributed by atoms with Gasteiger partial charge in [-0.2, -0.15) is 0 Å². The summed E-state index contributed by atoms with van der Waals surface area (Å²) in [5.74, 6) is 0. The van der Waals surface area contributed by atoms with Gasteiger partial charge in [0.1, 0.15) is 0 Å². The summed E-state index contributed by atoms with van der Waals surface area (Å²) in [6, 6.07) is 6.32. The van der Waals surface area contributed by atoms with Gasteiger partial charge in [0.25, 0.3) is 0 Å². The lowest BCUT2D eigenvalue weighted by Gasteiger charge is -2.10. The second-order valence-electron chi connectivity index (χ2n) is 3.79. The Bertz CT molecular complexity index is 489. The molecule has 2 nitrogen and oxygen atoms in total. The fraction of sp³-hybridized carbons (Fsp3) is 0.308. The number of aromatic nitrogens is 1. The molecule has 0 radical (unpaired) electrons. The molecule has 0 fully saturated rings. The molecule has 1 N–H and O–H groups in total. The summed E-state index contributed by atoms with van der Waals surface area (Å²) in [5, 5.41) is 4.57. The summed E-state index contributed by atoms with van der Waals surface area (Å²) in [5.41, 5.74) is 4.84. The van der Waals surface area contributed by atoms with Crippen LogP contribution in [0.3, 0.4) is 0 Å². The Morgan fingerprint density at radius 1 is 1.20 bits per heavy atom. The zero-order chi connectivity index (χ0) is 10.8. The Balaban J connectivity index is 2.72. The maximum atomic E-state index is 4.44. The van der Waals surface area contributed by atoms with E-state index in [-0.39, 0.29) is 0 Å². The fourth-order valence-electron chi connectivity index (χ4n) is 1.81. The van der Waals surface area contributed by atoms with Crippen molar-refractivity contribution < 1.29 is 0 Å². The predicted octanol–water partition coefficient (Wildman–Crippen LogP) is 3.28. The molecule has 0 saturated carbocycles. The highest BCUT2D eigenvalue weighted by Crippen LogP contribution is 2.25. The summed E-state index contributed by atoms with van der Waals surface area (Å²) in [7, 11) is 0. The Kier molecular flexibility index (Phi) is 2.58. The molecule has 0 spiro atoms. The highest BCUT2D eigenvalue weighted by Gasteiger charge is 2.04. The van der Waals surface area contributed by atoms with Gasteiger partial charge in [0.05, 0.1) is 5.52 Å². The molecule has 1 heterocycles. The van der Waals surface area contributed by atoms with Gasteiger partial charge in [-0.25, -0.2) is 0 Å². The van der Waals surface area contributed by atoms with E-state index in [4.69, 9.17) is 0 Å². The zero-order valence-corrected chi connectivity index (χ0v) is 9.46. The summed E-state index contributed by atoms with van der Waals surface area (Å²) < 4.78 is 0. The molecule has 2 rings (SSSR count). The highest BCUT2D eigenvalue weighted by molar-refractivity contribution is 5.93. The minimum absolute atomic E-state index is 0.937. The standard InChI is InChI=1S/C13H16N2/c1-4-14-12-7-8-15-13-10(3)9(2)5-6-11(12)13/h5-8H,4H2,1-3H3,(H,14,15). The molecular weight excluding hydrogens is 184 g/mol. The average molecular weight is 200 g/mol. The van der Waals surface area contributed by atoms with Crippen LogP contribution in [0.2, 0.25) is 0 Å². The van der Waals surface area contributed by atoms with Gasteiger partial charge >= 0.3 is 0 Å². The van der Waals surface area contributed by atoms with Gasteiger partial charge in [0.2, 0.25) is 0 Å². The Morgan fingerprint density at radius 2 is 2.00 bits per heavy atom. The predicted molar refractivity (Wildman–Crippen MR) is 65.4 cm³/mol. The molecule has 0 atom stereocenters. The van der Waals surface area contributed by atoms with Crippen molar-refractivity contribution >= 4 is 16.6 Å². The van der Waals surface area contributed by atoms with Gasteiger partial charge in [-0.15, -0.1) is 0 Å². The van der Waals surface area contributed by atoms with E-state index in [0.717, 1.165) is 12.1 Å². The first-order chi connectivity index (χ1) is 7.24. The topological polar surface area (TPSA) is 24.9 Å². The Labute approximate surface area is 90.3 Å². The number of hydrogen-bond donors (Lipinski definition) is 1. The minimum Gasteiger partial charge on any atom is -0.385 e. The molecule has 1 aromatic heterocycles. The first kappa shape index (κ1) is 9.97. The lowest BCUT2D eigenvalue weighted by Crippen LogP contribution is -1.98. The number of anilines is 1. The SMILES string of the molecule is CCNc1ccnc2c(C)c(C)ccc12. The van der Waals surface area contributed by atoms with Gasteiger partial charge in [0.15, 0.2) is 0 Å². The van der Waals surface area contributed by atoms with Crippen molar-refractivity contribution in [2.24, 2.45) is 0 Å². The third-order valence-corrected chi connectivity index (χ3v) is 2.80. The van der Waals surface area contributed by atoms with Crippen molar-refractivity contribution in [1.29, 1.82) is 0 Å². The summed E-state index contributed by atoms with van der Waals surface area (Å²) in [4.78, 5) is 4.44. The van der Waals surface area contributed by atoms with Crippen molar-refractivity contribution in [3.05, 3.63) is 35.5 Å². The van der Waals surface area contributed by atoms with E-state index in [1.165, 1.54) is 22.2 Å². The van der Waals surface area contributed by atoms with Gasteiger partial charge < -0.3 is 5.32 Å². The van der Waals surface area contributed by atoms with Crippen LogP contribution in [0.25, 0.3) is 10.9 Å². The highest BCUT2D eigenvalue weighted by atomic mass is 14.9. The lowest BCUT2D eigenvalue weighted by atomic mass is 10.0. The van der Waals surface area contributed by atoms with E-state index in [0.29, 0.717) is 0 Å². The summed E-state index contributed by atoms with van der Waals surface area (Å²) in [6.45, 7) is 7.29. The van der Waals surface area contributed by atoms with Crippen molar-refractivity contribution in [2.75, 3.05) is 11.9 Å². The number of fused-ring (bicyclic) bond motifs is 1. The average Bonchev–Trinajstić information content (AvgIpc) is 2.25. The molecule has 15 heavy (non-hydrogen) atoms. The first-order valence-electron chi connectivity index (χ1n) is 5.33. The molecule has 0 saturated heterocycles. The number of benzene rings is 1. The molecular formula is C13H16N2. The number of hydrogen-bond acceptors (Lipinski definition) is 2. The molecule has 0 bridgehead atoms. The normalized spacial score (nSPS) is 10.6. The van der Waals surface area contributed by atoms with Gasteiger partial charge in [0, 0.05) is 23.8 Å². The maximum absolute atomic E-state index is 4.44. The molecule has 0 aliphatic rings. The van der Waals surface area contributed by atoms with Crippen LogP contribution >= 0.6 is 0 Å². The number of nitrogens with zero attached hydrogens (tertiary/aromatic N) is 1. The number of pyridine rings is 1. The van der Waals surface area contributed by atoms with Crippen LogP contribution in [-0.4, -0.2) is 11.5 Å². The van der Waals surface area contributed by atoms with E-state index >= 15 is 0 Å². The van der Waals surface area contributed by atoms with E-state index < -0.39 is 0 Å². The largest absolute Gasteiger partial charge is 0.385 e. The monoisotopic (exact) mass is 200 g/mol. The summed E-state index contributed by atoms with van der Waals surface area (Å²) >= 11 is 0. The van der Waals surface area contributed by atoms with Crippen LogP contribution in [0.4, 0.5) is 5.69 Å². The van der Waals surface area contributed by atoms with Crippen LogP contribution in [0.1, 0.15) is 18.1 Å². The minimum atomic E-state index is 0.937. The van der Waals surface area contributed by atoms with Crippen molar-refractivity contribution in [3.8, 4) is 0 Å². The van der Waals surface area contributed by atoms with Crippen LogP contribution in [0, 0.1) is 13.8 Å². The van der Waals surface area contributed by atoms with Crippen molar-refractivity contribution in [3.63, 3.8) is 0 Å². The van der Waals surface area contributed by atoms with E-state index in [1.807, 2.05) is 12.3 Å². The maximum Gasteiger partial charge on any atom is 0.0754 e. The quantitative estimate of drug-likeness (QED) is 0.804. The molecule has 0 aliphatic heterocycles. The molecule has 78 valence electrons. The number of rotatable bonds is 2. The van der Waals surface area contributed by atoms with Crippen LogP contribution < -0.4 is 5.32 Å². The lowest BCUT2D eigenvalue weighted by molar-refractivity contribution is 1.21. The smallest absolute Gasteiger partial charge is 0.0754 e. The third-order valence-electron chi connectivity index (χ3n) is 2.80. The Morgan fingerprint density at radius 3 is 2.73 bits per heavy atom. The van der Waals surface area contributed by atoms with Gasteiger partial charge in [-0.3, -0.25) is 4.98 Å². The third kappa shape index (κ3) is 1.67. The molecule has 0 aliphatic carbocycles. The van der Waals surface area contributed by atoms with E-state index in [9.17, 15) is 0 Å². The number of nitrogens with one attached hydrogen (secondary N) is 1. The van der Waals surface area contributed by atoms with E-state index in [1.54, 1.807) is 0 Å². The number of aryl methyl sites for hydroxylation is 2. The second kappa shape index (κ2) is 3.89. The zero-order valence-electron chi connectivity index (χ0n) is 9.46. The van der Waals surface area contributed by atoms with Crippen LogP contribution in [-0.2, 0) is 0 Å². The molecule has 2 heteroatoms. The molecule has 0 amide bonds. The summed E-state index contributed by atoms with van der Waals surface area (Å²) in [6.07, 6.45) is 1.87. The molecule has 2 aromatic rings. The van der Waals surface area contributed by atoms with Crippen molar-refractivity contribution in [1.82, 2.24) is 4.98 Å². The van der Waals surface area contributed by atoms with Crippen LogP contribution in [0.15, 0.2) is 24.4 Å². The van der Waals surface area contributed by atoms with E-state index in [2.05, 4.69) is 43.2 Å². The fourth-order valence-corrected chi connectivity index (χ4v) is 1.81. The van der Waals surface area contributed by atoms with Crippen LogP contribution in [0.5, 0.6) is 0 Å². The molecule has 0 unspecified atom stereocenters. The van der Waals surface area contributed by atoms with Crippen molar-refractivity contribution in [2.45, 2.75) is 20.8 Å². The second-order valence-corrected chi connectivity index (χ2v) is 3.79. The van der Waals surface area contributed by atoms with Gasteiger partial charge in [-0.05, 0) is 38.0 Å². The molecule has 1 aromatic carbocycles.